The first-order valence-electron chi connectivity index (χ1n) is 10.4. The van der Waals surface area contributed by atoms with Crippen LogP contribution >= 0.6 is 15.9 Å². The Morgan fingerprint density at radius 3 is 2.33 bits per heavy atom. The lowest BCUT2D eigenvalue weighted by atomic mass is 10.0. The molecule has 7 heteroatoms. The van der Waals surface area contributed by atoms with Gasteiger partial charge in [-0.3, -0.25) is 14.9 Å². The van der Waals surface area contributed by atoms with Crippen LogP contribution in [-0.2, 0) is 22.4 Å². The van der Waals surface area contributed by atoms with Crippen LogP contribution in [0, 0.1) is 5.82 Å². The molecular weight excluding hydrogens is 487 g/mol. The number of amides is 4. The number of carbonyl (C=O) groups excluding carboxylic acids is 3. The number of nitrogens with zero attached hydrogens (tertiary/aromatic N) is 1. The molecule has 4 rings (SSSR count). The average molecular weight is 507 g/mol. The number of benzene rings is 3. The summed E-state index contributed by atoms with van der Waals surface area (Å²) in [5, 5.41) is 2.25. The van der Waals surface area contributed by atoms with Crippen molar-refractivity contribution in [1.29, 1.82) is 0 Å². The van der Waals surface area contributed by atoms with Crippen LogP contribution in [0.3, 0.4) is 0 Å². The summed E-state index contributed by atoms with van der Waals surface area (Å²) in [5.41, 5.74) is 3.13. The van der Waals surface area contributed by atoms with Gasteiger partial charge >= 0.3 is 6.03 Å². The summed E-state index contributed by atoms with van der Waals surface area (Å²) in [6.07, 6.45) is 2.46. The van der Waals surface area contributed by atoms with Crippen molar-refractivity contribution in [1.82, 2.24) is 5.32 Å². The summed E-state index contributed by atoms with van der Waals surface area (Å²) in [4.78, 5) is 39.1. The third-order valence-electron chi connectivity index (χ3n) is 5.44. The number of hydrogen-bond acceptors (Lipinski definition) is 3. The Kier molecular flexibility index (Phi) is 6.51. The number of hydrogen-bond donors (Lipinski definition) is 1. The fourth-order valence-electron chi connectivity index (χ4n) is 3.71. The minimum atomic E-state index is -0.774. The predicted octanol–water partition coefficient (Wildman–Crippen LogP) is 5.41. The summed E-state index contributed by atoms with van der Waals surface area (Å²) >= 11 is 3.50. The summed E-state index contributed by atoms with van der Waals surface area (Å²) in [7, 11) is 0. The van der Waals surface area contributed by atoms with Gasteiger partial charge in [-0.1, -0.05) is 71.4 Å². The maximum atomic E-state index is 14.0. The Labute approximate surface area is 199 Å². The van der Waals surface area contributed by atoms with Gasteiger partial charge in [-0.05, 0) is 52.9 Å². The Bertz CT molecular complexity index is 1300. The Morgan fingerprint density at radius 1 is 0.939 bits per heavy atom. The Balaban J connectivity index is 1.65. The second-order valence-corrected chi connectivity index (χ2v) is 8.41. The largest absolute Gasteiger partial charge is 0.335 e. The van der Waals surface area contributed by atoms with E-state index in [1.807, 2.05) is 25.1 Å². The number of imide groups is 2. The van der Waals surface area contributed by atoms with Crippen LogP contribution in [0.2, 0.25) is 0 Å². The number of urea groups is 1. The molecule has 0 saturated carbocycles. The van der Waals surface area contributed by atoms with Crippen LogP contribution in [0.4, 0.5) is 14.9 Å². The predicted molar refractivity (Wildman–Crippen MR) is 128 cm³/mol. The SMILES string of the molecule is CCc1ccccc1N1C(=O)NC(=O)/C(=C/c2ccc(Cc3ccccc3F)c(Br)c2)C1=O. The molecule has 1 saturated heterocycles. The van der Waals surface area contributed by atoms with E-state index in [2.05, 4.69) is 21.2 Å². The van der Waals surface area contributed by atoms with Gasteiger partial charge in [0.05, 0.1) is 5.69 Å². The second-order valence-electron chi connectivity index (χ2n) is 7.56. The van der Waals surface area contributed by atoms with Gasteiger partial charge in [0.2, 0.25) is 0 Å². The molecule has 0 atom stereocenters. The maximum absolute atomic E-state index is 14.0. The summed E-state index contributed by atoms with van der Waals surface area (Å²) in [6, 6.07) is 18.2. The fraction of sp³-hybridized carbons (Fsp3) is 0.115. The topological polar surface area (TPSA) is 66.5 Å². The van der Waals surface area contributed by atoms with Crippen LogP contribution in [0.15, 0.2) is 76.8 Å². The number of nitrogens with one attached hydrogen (secondary N) is 1. The molecule has 1 heterocycles. The molecule has 3 aromatic rings. The highest BCUT2D eigenvalue weighted by molar-refractivity contribution is 9.10. The third kappa shape index (κ3) is 4.64. The Morgan fingerprint density at radius 2 is 1.64 bits per heavy atom. The number of anilines is 1. The number of halogens is 2. The lowest BCUT2D eigenvalue weighted by Crippen LogP contribution is -2.54. The van der Waals surface area contributed by atoms with Gasteiger partial charge in [-0.15, -0.1) is 0 Å². The number of aryl methyl sites for hydroxylation is 1. The van der Waals surface area contributed by atoms with Gasteiger partial charge in [0, 0.05) is 10.9 Å². The molecule has 0 unspecified atom stereocenters. The molecule has 166 valence electrons. The fourth-order valence-corrected chi connectivity index (χ4v) is 4.25. The van der Waals surface area contributed by atoms with Gasteiger partial charge < -0.3 is 0 Å². The van der Waals surface area contributed by atoms with E-state index in [1.54, 1.807) is 42.5 Å². The second kappa shape index (κ2) is 9.50. The van der Waals surface area contributed by atoms with E-state index in [0.29, 0.717) is 34.1 Å². The quantitative estimate of drug-likeness (QED) is 0.371. The minimum absolute atomic E-state index is 0.144. The molecular formula is C26H20BrFN2O3. The highest BCUT2D eigenvalue weighted by atomic mass is 79.9. The number of carbonyl (C=O) groups is 3. The van der Waals surface area contributed by atoms with Crippen LogP contribution in [0.1, 0.15) is 29.2 Å². The normalized spacial score (nSPS) is 15.2. The van der Waals surface area contributed by atoms with Crippen LogP contribution in [-0.4, -0.2) is 17.8 Å². The van der Waals surface area contributed by atoms with Crippen LogP contribution in [0.5, 0.6) is 0 Å². The monoisotopic (exact) mass is 506 g/mol. The average Bonchev–Trinajstić information content (AvgIpc) is 2.80. The molecule has 1 aliphatic rings. The molecule has 1 aliphatic heterocycles. The molecule has 0 spiro atoms. The molecule has 33 heavy (non-hydrogen) atoms. The van der Waals surface area contributed by atoms with Crippen molar-refractivity contribution in [3.8, 4) is 0 Å². The third-order valence-corrected chi connectivity index (χ3v) is 6.18. The van der Waals surface area contributed by atoms with Crippen LogP contribution in [0.25, 0.3) is 6.08 Å². The van der Waals surface area contributed by atoms with E-state index in [0.717, 1.165) is 16.0 Å². The molecule has 5 nitrogen and oxygen atoms in total. The van der Waals surface area contributed by atoms with Crippen molar-refractivity contribution in [2.45, 2.75) is 19.8 Å². The number of barbiturate groups is 1. The molecule has 0 radical (unpaired) electrons. The summed E-state index contributed by atoms with van der Waals surface area (Å²) in [6.45, 7) is 1.92. The van der Waals surface area contributed by atoms with Gasteiger partial charge in [0.1, 0.15) is 11.4 Å². The maximum Gasteiger partial charge on any atom is 0.335 e. The van der Waals surface area contributed by atoms with Crippen molar-refractivity contribution in [3.63, 3.8) is 0 Å². The molecule has 0 aromatic heterocycles. The van der Waals surface area contributed by atoms with Gasteiger partial charge in [0.25, 0.3) is 11.8 Å². The molecule has 3 aromatic carbocycles. The van der Waals surface area contributed by atoms with E-state index in [9.17, 15) is 18.8 Å². The standard InChI is InChI=1S/C26H20BrFN2O3/c1-2-17-7-4-6-10-23(17)30-25(32)20(24(31)29-26(30)33)13-16-11-12-18(21(27)14-16)15-19-8-3-5-9-22(19)28/h3-14H,2,15H2,1H3,(H,29,31,33)/b20-13-. The molecule has 0 aliphatic carbocycles. The van der Waals surface area contributed by atoms with Crippen molar-refractivity contribution >= 4 is 45.5 Å². The summed E-state index contributed by atoms with van der Waals surface area (Å²) < 4.78 is 14.7. The zero-order chi connectivity index (χ0) is 23.5. The van der Waals surface area contributed by atoms with Crippen LogP contribution < -0.4 is 10.2 Å². The first-order valence-corrected chi connectivity index (χ1v) is 11.2. The highest BCUT2D eigenvalue weighted by Gasteiger charge is 2.37. The van der Waals surface area contributed by atoms with Gasteiger partial charge in [-0.2, -0.15) is 0 Å². The Hall–Kier alpha value is -3.58. The first-order chi connectivity index (χ1) is 15.9. The lowest BCUT2D eigenvalue weighted by Gasteiger charge is -2.28. The summed E-state index contributed by atoms with van der Waals surface area (Å²) in [5.74, 6) is -1.71. The zero-order valence-corrected chi connectivity index (χ0v) is 19.4. The first kappa shape index (κ1) is 22.6. The van der Waals surface area contributed by atoms with E-state index in [4.69, 9.17) is 0 Å². The van der Waals surface area contributed by atoms with E-state index < -0.39 is 17.8 Å². The van der Waals surface area contributed by atoms with Crippen molar-refractivity contribution in [3.05, 3.63) is 105 Å². The molecule has 1 fully saturated rings. The lowest BCUT2D eigenvalue weighted by molar-refractivity contribution is -0.122. The number of para-hydroxylation sites is 1. The van der Waals surface area contributed by atoms with E-state index in [-0.39, 0.29) is 11.4 Å². The number of rotatable bonds is 5. The van der Waals surface area contributed by atoms with Gasteiger partial charge in [-0.25, -0.2) is 14.1 Å². The molecule has 0 bridgehead atoms. The van der Waals surface area contributed by atoms with E-state index >= 15 is 0 Å². The molecule has 4 amide bonds. The smallest absolute Gasteiger partial charge is 0.273 e. The van der Waals surface area contributed by atoms with Crippen molar-refractivity contribution < 1.29 is 18.8 Å². The van der Waals surface area contributed by atoms with Crippen molar-refractivity contribution in [2.24, 2.45) is 0 Å². The highest BCUT2D eigenvalue weighted by Crippen LogP contribution is 2.27. The molecule has 1 N–H and O–H groups in total. The van der Waals surface area contributed by atoms with Gasteiger partial charge in [0.15, 0.2) is 0 Å². The minimum Gasteiger partial charge on any atom is -0.273 e. The zero-order valence-electron chi connectivity index (χ0n) is 17.8. The van der Waals surface area contributed by atoms with E-state index in [1.165, 1.54) is 12.1 Å². The van der Waals surface area contributed by atoms with Crippen molar-refractivity contribution in [2.75, 3.05) is 4.90 Å².